The van der Waals surface area contributed by atoms with Crippen molar-refractivity contribution in [2.24, 2.45) is 4.99 Å². The van der Waals surface area contributed by atoms with E-state index in [1.54, 1.807) is 36.4 Å². The van der Waals surface area contributed by atoms with Crippen LogP contribution in [0.4, 0.5) is 0 Å². The van der Waals surface area contributed by atoms with Crippen molar-refractivity contribution >= 4 is 39.8 Å². The Morgan fingerprint density at radius 1 is 1.15 bits per heavy atom. The summed E-state index contributed by atoms with van der Waals surface area (Å²) in [6.45, 7) is 1.31. The molecule has 1 heterocycles. The molecule has 0 unspecified atom stereocenters. The van der Waals surface area contributed by atoms with E-state index in [4.69, 9.17) is 14.2 Å². The first kappa shape index (κ1) is 17.9. The average Bonchev–Trinajstić information content (AvgIpc) is 2.97. The van der Waals surface area contributed by atoms with Gasteiger partial charge in [0.1, 0.15) is 0 Å². The fraction of sp³-hybridized carbons (Fsp3) is 0.105. The summed E-state index contributed by atoms with van der Waals surface area (Å²) in [5.74, 6) is -0.0612. The van der Waals surface area contributed by atoms with E-state index in [2.05, 4.69) is 20.9 Å². The van der Waals surface area contributed by atoms with Crippen LogP contribution in [0.2, 0.25) is 0 Å². The molecule has 0 saturated carbocycles. The lowest BCUT2D eigenvalue weighted by atomic mass is 10.1. The molecule has 2 aromatic rings. The molecule has 0 aliphatic carbocycles. The van der Waals surface area contributed by atoms with Gasteiger partial charge in [-0.25, -0.2) is 9.79 Å². The number of hydrogen-bond donors (Lipinski definition) is 0. The summed E-state index contributed by atoms with van der Waals surface area (Å²) < 4.78 is 16.4. The van der Waals surface area contributed by atoms with Crippen LogP contribution >= 0.6 is 15.9 Å². The Morgan fingerprint density at radius 2 is 1.88 bits per heavy atom. The van der Waals surface area contributed by atoms with Crippen molar-refractivity contribution in [2.45, 2.75) is 6.92 Å². The molecule has 0 fully saturated rings. The number of carbonyl (C=O) groups is 2. The number of benzene rings is 2. The number of halogens is 1. The first-order valence-electron chi connectivity index (χ1n) is 7.61. The number of esters is 2. The van der Waals surface area contributed by atoms with Crippen LogP contribution in [0.15, 0.2) is 57.6 Å². The van der Waals surface area contributed by atoms with Crippen molar-refractivity contribution in [3.05, 3.63) is 63.8 Å². The number of hydrogen-bond acceptors (Lipinski definition) is 6. The third kappa shape index (κ3) is 4.00. The van der Waals surface area contributed by atoms with Gasteiger partial charge in [0.2, 0.25) is 5.90 Å². The number of nitrogens with zero attached hydrogens (tertiary/aromatic N) is 1. The third-order valence-electron chi connectivity index (χ3n) is 3.46. The Hall–Kier alpha value is -2.93. The van der Waals surface area contributed by atoms with Crippen LogP contribution in [-0.4, -0.2) is 24.9 Å². The van der Waals surface area contributed by atoms with Crippen molar-refractivity contribution in [3.8, 4) is 11.5 Å². The number of cyclic esters (lactones) is 1. The number of methoxy groups -OCH3 is 1. The van der Waals surface area contributed by atoms with Gasteiger partial charge in [0.15, 0.2) is 17.2 Å². The fourth-order valence-electron chi connectivity index (χ4n) is 2.30. The molecule has 0 aromatic heterocycles. The molecule has 0 spiro atoms. The van der Waals surface area contributed by atoms with Gasteiger partial charge in [0.05, 0.1) is 7.11 Å². The lowest BCUT2D eigenvalue weighted by Crippen LogP contribution is -2.05. The maximum atomic E-state index is 12.1. The van der Waals surface area contributed by atoms with Gasteiger partial charge in [-0.15, -0.1) is 0 Å². The van der Waals surface area contributed by atoms with E-state index < -0.39 is 11.9 Å². The second-order valence-corrected chi connectivity index (χ2v) is 6.26. The molecule has 1 aliphatic heterocycles. The quantitative estimate of drug-likeness (QED) is 0.432. The summed E-state index contributed by atoms with van der Waals surface area (Å²) in [6.07, 6.45) is 1.58. The molecular formula is C19H14BrNO5. The molecule has 7 heteroatoms. The molecule has 3 rings (SSSR count). The van der Waals surface area contributed by atoms with E-state index in [0.717, 1.165) is 4.47 Å². The third-order valence-corrected chi connectivity index (χ3v) is 3.99. The van der Waals surface area contributed by atoms with Gasteiger partial charge < -0.3 is 14.2 Å². The number of aliphatic imine (C=N–C) groups is 1. The van der Waals surface area contributed by atoms with E-state index >= 15 is 0 Å². The van der Waals surface area contributed by atoms with Crippen LogP contribution in [0.3, 0.4) is 0 Å². The summed E-state index contributed by atoms with van der Waals surface area (Å²) in [6, 6.07) is 12.2. The summed E-state index contributed by atoms with van der Waals surface area (Å²) in [7, 11) is 1.47. The minimum atomic E-state index is -0.536. The van der Waals surface area contributed by atoms with E-state index in [1.807, 2.05) is 12.1 Å². The first-order valence-corrected chi connectivity index (χ1v) is 8.40. The SMILES string of the molecule is COc1cc(C=C2N=C(c3ccc(Br)cc3)OC2=O)ccc1OC(C)=O. The summed E-state index contributed by atoms with van der Waals surface area (Å²) in [4.78, 5) is 27.4. The number of carbonyl (C=O) groups excluding carboxylic acids is 2. The second kappa shape index (κ2) is 7.53. The van der Waals surface area contributed by atoms with Gasteiger partial charge in [0, 0.05) is 17.0 Å². The Kier molecular flexibility index (Phi) is 5.18. The molecule has 0 N–H and O–H groups in total. The first-order chi connectivity index (χ1) is 12.5. The fourth-order valence-corrected chi connectivity index (χ4v) is 2.56. The van der Waals surface area contributed by atoms with Crippen molar-refractivity contribution in [2.75, 3.05) is 7.11 Å². The van der Waals surface area contributed by atoms with E-state index in [0.29, 0.717) is 22.6 Å². The molecule has 2 aromatic carbocycles. The van der Waals surface area contributed by atoms with E-state index in [1.165, 1.54) is 14.0 Å². The predicted octanol–water partition coefficient (Wildman–Crippen LogP) is 3.73. The number of rotatable bonds is 4. The minimum absolute atomic E-state index is 0.171. The van der Waals surface area contributed by atoms with Crippen molar-refractivity contribution in [1.82, 2.24) is 0 Å². The molecule has 26 heavy (non-hydrogen) atoms. The Balaban J connectivity index is 1.90. The highest BCUT2D eigenvalue weighted by Crippen LogP contribution is 2.30. The zero-order chi connectivity index (χ0) is 18.7. The van der Waals surface area contributed by atoms with Crippen LogP contribution in [-0.2, 0) is 14.3 Å². The topological polar surface area (TPSA) is 74.2 Å². The van der Waals surface area contributed by atoms with E-state index in [-0.39, 0.29) is 11.6 Å². The highest BCUT2D eigenvalue weighted by atomic mass is 79.9. The maximum absolute atomic E-state index is 12.1. The molecule has 6 nitrogen and oxygen atoms in total. The molecule has 0 radical (unpaired) electrons. The normalized spacial score (nSPS) is 14.8. The molecule has 0 bridgehead atoms. The predicted molar refractivity (Wildman–Crippen MR) is 99.1 cm³/mol. The van der Waals surface area contributed by atoms with Gasteiger partial charge in [0.25, 0.3) is 0 Å². The summed E-state index contributed by atoms with van der Waals surface area (Å²) in [5.41, 5.74) is 1.53. The van der Waals surface area contributed by atoms with Gasteiger partial charge in [-0.2, -0.15) is 0 Å². The monoisotopic (exact) mass is 415 g/mol. The Bertz CT molecular complexity index is 931. The van der Waals surface area contributed by atoms with Crippen LogP contribution in [0.5, 0.6) is 11.5 Å². The highest BCUT2D eigenvalue weighted by molar-refractivity contribution is 9.10. The Morgan fingerprint density at radius 3 is 2.54 bits per heavy atom. The Labute approximate surface area is 158 Å². The maximum Gasteiger partial charge on any atom is 0.363 e. The molecule has 0 atom stereocenters. The van der Waals surface area contributed by atoms with Gasteiger partial charge in [-0.1, -0.05) is 22.0 Å². The van der Waals surface area contributed by atoms with Crippen LogP contribution in [0, 0.1) is 0 Å². The van der Waals surface area contributed by atoms with Gasteiger partial charge >= 0.3 is 11.9 Å². The average molecular weight is 416 g/mol. The molecule has 132 valence electrons. The zero-order valence-corrected chi connectivity index (χ0v) is 15.6. The summed E-state index contributed by atoms with van der Waals surface area (Å²) in [5, 5.41) is 0. The smallest absolute Gasteiger partial charge is 0.363 e. The molecule has 1 aliphatic rings. The highest BCUT2D eigenvalue weighted by Gasteiger charge is 2.24. The molecule has 0 saturated heterocycles. The largest absolute Gasteiger partial charge is 0.493 e. The van der Waals surface area contributed by atoms with Crippen LogP contribution in [0.1, 0.15) is 18.1 Å². The lowest BCUT2D eigenvalue weighted by Gasteiger charge is -2.08. The molecule has 0 amide bonds. The van der Waals surface area contributed by atoms with Crippen molar-refractivity contribution in [3.63, 3.8) is 0 Å². The van der Waals surface area contributed by atoms with Crippen LogP contribution < -0.4 is 9.47 Å². The zero-order valence-electron chi connectivity index (χ0n) is 14.0. The van der Waals surface area contributed by atoms with Gasteiger partial charge in [-0.3, -0.25) is 4.79 Å². The number of ether oxygens (including phenoxy) is 3. The van der Waals surface area contributed by atoms with Crippen molar-refractivity contribution < 1.29 is 23.8 Å². The van der Waals surface area contributed by atoms with Crippen LogP contribution in [0.25, 0.3) is 6.08 Å². The minimum Gasteiger partial charge on any atom is -0.493 e. The standard InChI is InChI=1S/C19H14BrNO5/c1-11(22)25-16-8-3-12(10-17(16)24-2)9-15-19(23)26-18(21-15)13-4-6-14(20)7-5-13/h3-10H,1-2H3. The summed E-state index contributed by atoms with van der Waals surface area (Å²) >= 11 is 3.35. The lowest BCUT2D eigenvalue weighted by molar-refractivity contribution is -0.132. The van der Waals surface area contributed by atoms with Gasteiger partial charge in [-0.05, 0) is 48.0 Å². The second-order valence-electron chi connectivity index (χ2n) is 5.35. The van der Waals surface area contributed by atoms with E-state index in [9.17, 15) is 9.59 Å². The van der Waals surface area contributed by atoms with Crippen molar-refractivity contribution in [1.29, 1.82) is 0 Å². The molecular weight excluding hydrogens is 402 g/mol.